The smallest absolute Gasteiger partial charge is 0.311 e. The Kier molecular flexibility index (Phi) is 4.35. The fourth-order valence-electron chi connectivity index (χ4n) is 2.12. The minimum absolute atomic E-state index is 0.142. The van der Waals surface area contributed by atoms with Crippen LogP contribution in [0.25, 0.3) is 0 Å². The summed E-state index contributed by atoms with van der Waals surface area (Å²) in [6, 6.07) is 5.23. The first kappa shape index (κ1) is 15.2. The normalized spacial score (nSPS) is 15.1. The molecule has 0 radical (unpaired) electrons. The van der Waals surface area contributed by atoms with Crippen LogP contribution in [0.3, 0.4) is 0 Å². The summed E-state index contributed by atoms with van der Waals surface area (Å²) in [5, 5.41) is 11.7. The number of ether oxygens (including phenoxy) is 2. The Balaban J connectivity index is 1.95. The van der Waals surface area contributed by atoms with Gasteiger partial charge in [-0.15, -0.1) is 0 Å². The molecule has 6 nitrogen and oxygen atoms in total. The third kappa shape index (κ3) is 3.45. The quantitative estimate of drug-likeness (QED) is 0.789. The van der Waals surface area contributed by atoms with E-state index in [2.05, 4.69) is 5.32 Å². The van der Waals surface area contributed by atoms with Crippen molar-refractivity contribution in [2.24, 2.45) is 5.41 Å². The van der Waals surface area contributed by atoms with E-state index in [9.17, 15) is 9.59 Å². The molecule has 1 aliphatic carbocycles. The number of rotatable bonds is 7. The predicted octanol–water partition coefficient (Wildman–Crippen LogP) is 1.23. The average molecular weight is 293 g/mol. The summed E-state index contributed by atoms with van der Waals surface area (Å²) in [6.07, 6.45) is 1.38. The molecule has 0 unspecified atom stereocenters. The lowest BCUT2D eigenvalue weighted by atomic mass is 10.1. The number of amides is 1. The average Bonchev–Trinajstić information content (AvgIpc) is 3.27. The first-order chi connectivity index (χ1) is 10.0. The molecule has 0 aromatic heterocycles. The van der Waals surface area contributed by atoms with Gasteiger partial charge in [0.25, 0.3) is 0 Å². The summed E-state index contributed by atoms with van der Waals surface area (Å²) in [6.45, 7) is 0.180. The van der Waals surface area contributed by atoms with E-state index in [-0.39, 0.29) is 18.9 Å². The molecule has 6 heteroatoms. The molecule has 2 N–H and O–H groups in total. The number of methoxy groups -OCH3 is 2. The van der Waals surface area contributed by atoms with Crippen molar-refractivity contribution in [3.63, 3.8) is 0 Å². The lowest BCUT2D eigenvalue weighted by molar-refractivity contribution is -0.143. The van der Waals surface area contributed by atoms with Crippen LogP contribution < -0.4 is 14.8 Å². The topological polar surface area (TPSA) is 84.9 Å². The molecule has 1 saturated carbocycles. The fourth-order valence-corrected chi connectivity index (χ4v) is 2.12. The van der Waals surface area contributed by atoms with Crippen molar-refractivity contribution < 1.29 is 24.2 Å². The molecule has 1 fully saturated rings. The highest BCUT2D eigenvalue weighted by Crippen LogP contribution is 2.45. The van der Waals surface area contributed by atoms with Gasteiger partial charge in [-0.3, -0.25) is 9.59 Å². The van der Waals surface area contributed by atoms with E-state index in [0.717, 1.165) is 5.56 Å². The predicted molar refractivity (Wildman–Crippen MR) is 75.6 cm³/mol. The van der Waals surface area contributed by atoms with Crippen LogP contribution in [0.5, 0.6) is 11.5 Å². The number of carbonyl (C=O) groups excluding carboxylic acids is 1. The van der Waals surface area contributed by atoms with Gasteiger partial charge < -0.3 is 19.9 Å². The largest absolute Gasteiger partial charge is 0.497 e. The highest BCUT2D eigenvalue weighted by molar-refractivity contribution is 5.82. The zero-order valence-electron chi connectivity index (χ0n) is 12.1. The molecule has 0 bridgehead atoms. The van der Waals surface area contributed by atoms with Gasteiger partial charge in [0.15, 0.2) is 0 Å². The van der Waals surface area contributed by atoms with Crippen molar-refractivity contribution >= 4 is 11.9 Å². The molecule has 21 heavy (non-hydrogen) atoms. The summed E-state index contributed by atoms with van der Waals surface area (Å²) in [5.74, 6) is 0.165. The lowest BCUT2D eigenvalue weighted by Gasteiger charge is -2.13. The van der Waals surface area contributed by atoms with Gasteiger partial charge in [0.05, 0.1) is 26.1 Å². The van der Waals surface area contributed by atoms with E-state index < -0.39 is 11.4 Å². The van der Waals surface area contributed by atoms with Crippen molar-refractivity contribution in [3.8, 4) is 11.5 Å². The summed E-state index contributed by atoms with van der Waals surface area (Å²) >= 11 is 0. The Bertz CT molecular complexity index is 551. The van der Waals surface area contributed by atoms with Crippen molar-refractivity contribution in [3.05, 3.63) is 23.8 Å². The van der Waals surface area contributed by atoms with Gasteiger partial charge in [0.1, 0.15) is 11.5 Å². The third-order valence-corrected chi connectivity index (χ3v) is 3.78. The SMILES string of the molecule is COc1ccc(CC(=O)NCC2(C(=O)O)CC2)c(OC)c1. The maximum Gasteiger partial charge on any atom is 0.311 e. The highest BCUT2D eigenvalue weighted by Gasteiger charge is 2.50. The molecule has 114 valence electrons. The number of carboxylic acid groups (broad SMARTS) is 1. The van der Waals surface area contributed by atoms with Gasteiger partial charge in [-0.1, -0.05) is 6.07 Å². The molecule has 0 heterocycles. The van der Waals surface area contributed by atoms with Gasteiger partial charge in [-0.2, -0.15) is 0 Å². The number of hydrogen-bond donors (Lipinski definition) is 2. The van der Waals surface area contributed by atoms with Gasteiger partial charge in [-0.05, 0) is 18.9 Å². The van der Waals surface area contributed by atoms with Crippen molar-refractivity contribution in [2.75, 3.05) is 20.8 Å². The van der Waals surface area contributed by atoms with Crippen LogP contribution in [0.1, 0.15) is 18.4 Å². The van der Waals surface area contributed by atoms with Crippen molar-refractivity contribution in [1.29, 1.82) is 0 Å². The Labute approximate surface area is 123 Å². The second-order valence-electron chi connectivity index (χ2n) is 5.22. The Morgan fingerprint density at radius 2 is 2.00 bits per heavy atom. The molecular formula is C15H19NO5. The molecule has 0 saturated heterocycles. The molecule has 0 atom stereocenters. The van der Waals surface area contributed by atoms with Gasteiger partial charge in [0.2, 0.25) is 5.91 Å². The number of carbonyl (C=O) groups is 2. The van der Waals surface area contributed by atoms with E-state index in [0.29, 0.717) is 24.3 Å². The zero-order valence-corrected chi connectivity index (χ0v) is 12.1. The number of aliphatic carboxylic acids is 1. The second-order valence-corrected chi connectivity index (χ2v) is 5.22. The molecule has 1 aliphatic rings. The number of hydrogen-bond acceptors (Lipinski definition) is 4. The zero-order chi connectivity index (χ0) is 15.5. The minimum Gasteiger partial charge on any atom is -0.497 e. The summed E-state index contributed by atoms with van der Waals surface area (Å²) in [7, 11) is 3.09. The molecule has 0 spiro atoms. The van der Waals surface area contributed by atoms with E-state index in [1.54, 1.807) is 25.3 Å². The molecule has 2 rings (SSSR count). The van der Waals surface area contributed by atoms with Crippen LogP contribution in [0.15, 0.2) is 18.2 Å². The Hall–Kier alpha value is -2.24. The van der Waals surface area contributed by atoms with E-state index in [1.165, 1.54) is 7.11 Å². The molecule has 1 aromatic rings. The standard InChI is InChI=1S/C15H19NO5/c1-20-11-4-3-10(12(8-11)21-2)7-13(17)16-9-15(5-6-15)14(18)19/h3-4,8H,5-7,9H2,1-2H3,(H,16,17)(H,18,19). The van der Waals surface area contributed by atoms with E-state index in [1.807, 2.05) is 0 Å². The van der Waals surface area contributed by atoms with E-state index >= 15 is 0 Å². The fraction of sp³-hybridized carbons (Fsp3) is 0.467. The van der Waals surface area contributed by atoms with Gasteiger partial charge in [-0.25, -0.2) is 0 Å². The maximum absolute atomic E-state index is 11.9. The first-order valence-electron chi connectivity index (χ1n) is 6.72. The highest BCUT2D eigenvalue weighted by atomic mass is 16.5. The number of nitrogens with one attached hydrogen (secondary N) is 1. The summed E-state index contributed by atoms with van der Waals surface area (Å²) < 4.78 is 10.3. The van der Waals surface area contributed by atoms with Crippen LogP contribution in [0.4, 0.5) is 0 Å². The molecule has 1 amide bonds. The minimum atomic E-state index is -0.843. The maximum atomic E-state index is 11.9. The Morgan fingerprint density at radius 3 is 2.52 bits per heavy atom. The molecule has 1 aromatic carbocycles. The van der Waals surface area contributed by atoms with Crippen molar-refractivity contribution in [1.82, 2.24) is 5.32 Å². The van der Waals surface area contributed by atoms with E-state index in [4.69, 9.17) is 14.6 Å². The van der Waals surface area contributed by atoms with Gasteiger partial charge >= 0.3 is 5.97 Å². The van der Waals surface area contributed by atoms with Crippen molar-refractivity contribution in [2.45, 2.75) is 19.3 Å². The first-order valence-corrected chi connectivity index (χ1v) is 6.72. The molecule has 0 aliphatic heterocycles. The Morgan fingerprint density at radius 1 is 1.29 bits per heavy atom. The van der Waals surface area contributed by atoms with Crippen LogP contribution >= 0.6 is 0 Å². The lowest BCUT2D eigenvalue weighted by Crippen LogP contribution is -2.35. The molecular weight excluding hydrogens is 274 g/mol. The number of carboxylic acids is 1. The van der Waals surface area contributed by atoms with Crippen LogP contribution in [-0.4, -0.2) is 37.7 Å². The van der Waals surface area contributed by atoms with Crippen LogP contribution in [0, 0.1) is 5.41 Å². The van der Waals surface area contributed by atoms with Crippen LogP contribution in [-0.2, 0) is 16.0 Å². The summed E-state index contributed by atoms with van der Waals surface area (Å²) in [5.41, 5.74) is -0.0180. The third-order valence-electron chi connectivity index (χ3n) is 3.78. The monoisotopic (exact) mass is 293 g/mol. The van der Waals surface area contributed by atoms with Gasteiger partial charge in [0, 0.05) is 18.2 Å². The summed E-state index contributed by atoms with van der Waals surface area (Å²) in [4.78, 5) is 23.0. The second kappa shape index (κ2) is 6.03. The number of benzene rings is 1. The van der Waals surface area contributed by atoms with Crippen LogP contribution in [0.2, 0.25) is 0 Å².